The van der Waals surface area contributed by atoms with Crippen LogP contribution < -0.4 is 9.62 Å². The molecule has 0 fully saturated rings. The lowest BCUT2D eigenvalue weighted by molar-refractivity contribution is -0.119. The van der Waals surface area contributed by atoms with Crippen LogP contribution in [0.25, 0.3) is 0 Å². The summed E-state index contributed by atoms with van der Waals surface area (Å²) in [5.41, 5.74) is 1.11. The molecular weight excluding hydrogens is 498 g/mol. The average Bonchev–Trinajstić information content (AvgIpc) is 2.63. The third-order valence-electron chi connectivity index (χ3n) is 3.73. The third-order valence-corrected chi connectivity index (χ3v) is 7.26. The van der Waals surface area contributed by atoms with Crippen molar-refractivity contribution in [3.05, 3.63) is 62.1 Å². The highest BCUT2D eigenvalue weighted by atomic mass is 35.5. The molecule has 5 nitrogen and oxygen atoms in total. The molecule has 158 valence electrons. The van der Waals surface area contributed by atoms with Gasteiger partial charge in [-0.1, -0.05) is 64.6 Å². The molecular formula is C18H18Cl4N2O3S2. The SMILES string of the molecule is CS(=O)(=O)N(CC(=O)NCCSCc1ccccc1Cl)c1cc(Cl)c(Cl)cc1Cl. The first-order valence-electron chi connectivity index (χ1n) is 8.29. The van der Waals surface area contributed by atoms with Crippen molar-refractivity contribution in [1.29, 1.82) is 0 Å². The average molecular weight is 516 g/mol. The lowest BCUT2D eigenvalue weighted by Gasteiger charge is -2.23. The van der Waals surface area contributed by atoms with Gasteiger partial charge in [-0.15, -0.1) is 0 Å². The molecule has 1 amide bonds. The summed E-state index contributed by atoms with van der Waals surface area (Å²) in [5, 5.41) is 3.80. The molecule has 0 saturated carbocycles. The Bertz CT molecular complexity index is 987. The number of thioether (sulfide) groups is 1. The van der Waals surface area contributed by atoms with Crippen LogP contribution in [0, 0.1) is 0 Å². The van der Waals surface area contributed by atoms with Crippen LogP contribution in [0.1, 0.15) is 5.56 Å². The fourth-order valence-corrected chi connectivity index (χ4v) is 5.03. The highest BCUT2D eigenvalue weighted by molar-refractivity contribution is 7.98. The molecule has 0 unspecified atom stereocenters. The van der Waals surface area contributed by atoms with Gasteiger partial charge >= 0.3 is 0 Å². The molecule has 0 atom stereocenters. The summed E-state index contributed by atoms with van der Waals surface area (Å²) in [6, 6.07) is 10.2. The van der Waals surface area contributed by atoms with Crippen LogP contribution in [0.5, 0.6) is 0 Å². The zero-order valence-electron chi connectivity index (χ0n) is 15.3. The van der Waals surface area contributed by atoms with Gasteiger partial charge in [-0.3, -0.25) is 9.10 Å². The van der Waals surface area contributed by atoms with Crippen molar-refractivity contribution < 1.29 is 13.2 Å². The molecule has 11 heteroatoms. The summed E-state index contributed by atoms with van der Waals surface area (Å²) in [7, 11) is -3.77. The number of rotatable bonds is 9. The monoisotopic (exact) mass is 514 g/mol. The normalized spacial score (nSPS) is 11.3. The molecule has 0 radical (unpaired) electrons. The number of nitrogens with one attached hydrogen (secondary N) is 1. The Kier molecular flexibility index (Phi) is 9.25. The predicted molar refractivity (Wildman–Crippen MR) is 124 cm³/mol. The number of hydrogen-bond acceptors (Lipinski definition) is 4. The number of halogens is 4. The van der Waals surface area contributed by atoms with Crippen molar-refractivity contribution in [1.82, 2.24) is 5.32 Å². The quantitative estimate of drug-likeness (QED) is 0.372. The van der Waals surface area contributed by atoms with Gasteiger partial charge in [-0.2, -0.15) is 11.8 Å². The number of anilines is 1. The van der Waals surface area contributed by atoms with Crippen molar-refractivity contribution >= 4 is 79.8 Å². The van der Waals surface area contributed by atoms with Gasteiger partial charge in [0.2, 0.25) is 15.9 Å². The van der Waals surface area contributed by atoms with Crippen molar-refractivity contribution in [3.63, 3.8) is 0 Å². The van der Waals surface area contributed by atoms with Gasteiger partial charge < -0.3 is 5.32 Å². The van der Waals surface area contributed by atoms with Gasteiger partial charge in [0, 0.05) is 23.1 Å². The molecule has 0 bridgehead atoms. The van der Waals surface area contributed by atoms with Gasteiger partial charge in [0.15, 0.2) is 0 Å². The molecule has 2 aromatic carbocycles. The van der Waals surface area contributed by atoms with E-state index >= 15 is 0 Å². The second kappa shape index (κ2) is 11.0. The van der Waals surface area contributed by atoms with Gasteiger partial charge in [0.25, 0.3) is 0 Å². The van der Waals surface area contributed by atoms with Crippen LogP contribution >= 0.6 is 58.2 Å². The van der Waals surface area contributed by atoms with Crippen LogP contribution in [0.15, 0.2) is 36.4 Å². The molecule has 0 heterocycles. The van der Waals surface area contributed by atoms with E-state index in [1.54, 1.807) is 11.8 Å². The summed E-state index contributed by atoms with van der Waals surface area (Å²) in [4.78, 5) is 12.3. The number of benzene rings is 2. The highest BCUT2D eigenvalue weighted by Crippen LogP contribution is 2.35. The van der Waals surface area contributed by atoms with E-state index in [9.17, 15) is 13.2 Å². The molecule has 2 rings (SSSR count). The minimum atomic E-state index is -3.77. The van der Waals surface area contributed by atoms with E-state index in [4.69, 9.17) is 46.4 Å². The molecule has 0 spiro atoms. The Balaban J connectivity index is 1.92. The van der Waals surface area contributed by atoms with Crippen LogP contribution in [0.4, 0.5) is 5.69 Å². The number of nitrogens with zero attached hydrogens (tertiary/aromatic N) is 1. The van der Waals surface area contributed by atoms with Gasteiger partial charge in [0.05, 0.1) is 27.0 Å². The maximum Gasteiger partial charge on any atom is 0.240 e. The lowest BCUT2D eigenvalue weighted by Crippen LogP contribution is -2.41. The minimum Gasteiger partial charge on any atom is -0.354 e. The van der Waals surface area contributed by atoms with Crippen molar-refractivity contribution in [3.8, 4) is 0 Å². The van der Waals surface area contributed by atoms with Crippen molar-refractivity contribution in [2.75, 3.05) is 29.4 Å². The Morgan fingerprint density at radius 1 is 1.03 bits per heavy atom. The van der Waals surface area contributed by atoms with Gasteiger partial charge in [-0.25, -0.2) is 8.42 Å². The molecule has 1 N–H and O–H groups in total. The number of carbonyl (C=O) groups is 1. The predicted octanol–water partition coefficient (Wildman–Crippen LogP) is 5.12. The minimum absolute atomic E-state index is 0.0768. The van der Waals surface area contributed by atoms with Gasteiger partial charge in [0.1, 0.15) is 6.54 Å². The van der Waals surface area contributed by atoms with E-state index < -0.39 is 22.5 Å². The Morgan fingerprint density at radius 3 is 2.34 bits per heavy atom. The van der Waals surface area contributed by atoms with Gasteiger partial charge in [-0.05, 0) is 23.8 Å². The third kappa shape index (κ3) is 7.42. The maximum absolute atomic E-state index is 12.3. The van der Waals surface area contributed by atoms with Crippen LogP contribution in [0.3, 0.4) is 0 Å². The number of sulfonamides is 1. The van der Waals surface area contributed by atoms with E-state index in [1.165, 1.54) is 12.1 Å². The smallest absolute Gasteiger partial charge is 0.240 e. The lowest BCUT2D eigenvalue weighted by atomic mass is 10.2. The summed E-state index contributed by atoms with van der Waals surface area (Å²) in [6.45, 7) is -0.0493. The molecule has 29 heavy (non-hydrogen) atoms. The molecule has 0 aliphatic carbocycles. The van der Waals surface area contributed by atoms with E-state index in [0.29, 0.717) is 23.1 Å². The molecule has 2 aromatic rings. The largest absolute Gasteiger partial charge is 0.354 e. The fraction of sp³-hybridized carbons (Fsp3) is 0.278. The maximum atomic E-state index is 12.3. The van der Waals surface area contributed by atoms with Crippen LogP contribution in [-0.2, 0) is 20.6 Å². The Hall–Kier alpha value is -0.830. The highest BCUT2D eigenvalue weighted by Gasteiger charge is 2.24. The Labute approximate surface area is 194 Å². The molecule has 0 aliphatic heterocycles. The summed E-state index contributed by atoms with van der Waals surface area (Å²) < 4.78 is 25.2. The van der Waals surface area contributed by atoms with E-state index in [2.05, 4.69) is 5.32 Å². The van der Waals surface area contributed by atoms with Crippen molar-refractivity contribution in [2.45, 2.75) is 5.75 Å². The number of hydrogen-bond donors (Lipinski definition) is 1. The summed E-state index contributed by atoms with van der Waals surface area (Å²) >= 11 is 25.7. The Morgan fingerprint density at radius 2 is 1.69 bits per heavy atom. The zero-order chi connectivity index (χ0) is 21.6. The first-order chi connectivity index (χ1) is 13.6. The topological polar surface area (TPSA) is 66.5 Å². The molecule has 0 aliphatic rings. The number of amides is 1. The van der Waals surface area contributed by atoms with E-state index in [1.807, 2.05) is 24.3 Å². The van der Waals surface area contributed by atoms with Crippen LogP contribution in [-0.4, -0.2) is 39.4 Å². The summed E-state index contributed by atoms with van der Waals surface area (Å²) in [5.74, 6) is 0.892. The zero-order valence-corrected chi connectivity index (χ0v) is 19.9. The van der Waals surface area contributed by atoms with E-state index in [0.717, 1.165) is 16.1 Å². The standard InChI is InChI=1S/C18H18Cl4N2O3S2/c1-29(26,27)24(17-9-15(21)14(20)8-16(17)22)10-18(25)23-6-7-28-11-12-4-2-3-5-13(12)19/h2-5,8-9H,6-7,10-11H2,1H3,(H,23,25). The fourth-order valence-electron chi connectivity index (χ4n) is 2.33. The first kappa shape index (κ1) is 24.4. The molecule has 0 aromatic heterocycles. The van der Waals surface area contributed by atoms with Crippen molar-refractivity contribution in [2.24, 2.45) is 0 Å². The number of carbonyl (C=O) groups excluding carboxylic acids is 1. The second-order valence-electron chi connectivity index (χ2n) is 5.98. The van der Waals surface area contributed by atoms with E-state index in [-0.39, 0.29) is 20.8 Å². The van der Waals surface area contributed by atoms with Crippen LogP contribution in [0.2, 0.25) is 20.1 Å². The first-order valence-corrected chi connectivity index (χ1v) is 12.8. The molecule has 0 saturated heterocycles. The summed E-state index contributed by atoms with van der Waals surface area (Å²) in [6.07, 6.45) is 0.985. The second-order valence-corrected chi connectivity index (χ2v) is 10.6.